The van der Waals surface area contributed by atoms with E-state index in [0.29, 0.717) is 6.42 Å². The Hall–Kier alpha value is -1.63. The van der Waals surface area contributed by atoms with Gasteiger partial charge in [-0.15, -0.1) is 0 Å². The highest BCUT2D eigenvalue weighted by molar-refractivity contribution is 7.80. The Balaban J connectivity index is 2.11. The van der Waals surface area contributed by atoms with Crippen LogP contribution in [0.2, 0.25) is 0 Å². The molecule has 1 aromatic carbocycles. The van der Waals surface area contributed by atoms with Crippen molar-refractivity contribution in [3.05, 3.63) is 29.8 Å². The summed E-state index contributed by atoms with van der Waals surface area (Å²) in [6, 6.07) is 4.71. The second kappa shape index (κ2) is 14.4. The summed E-state index contributed by atoms with van der Waals surface area (Å²) in [7, 11) is 0. The van der Waals surface area contributed by atoms with Crippen molar-refractivity contribution in [2.45, 2.75) is 90.1 Å². The molecule has 1 rings (SSSR count). The van der Waals surface area contributed by atoms with E-state index in [1.54, 1.807) is 0 Å². The van der Waals surface area contributed by atoms with Crippen LogP contribution in [-0.4, -0.2) is 11.0 Å². The minimum absolute atomic E-state index is 0.0115. The maximum absolute atomic E-state index is 12.7. The van der Waals surface area contributed by atoms with Crippen LogP contribution in [0.15, 0.2) is 24.3 Å². The number of nitrogens with one attached hydrogen (secondary N) is 2. The molecule has 3 nitrogen and oxygen atoms in total. The van der Waals surface area contributed by atoms with E-state index >= 15 is 0 Å². The molecule has 0 saturated carbocycles. The maximum Gasteiger partial charge on any atom is 0.416 e. The molecular formula is C22H33F3N2OS. The number of carbonyl (C=O) groups excluding carboxylic acids is 1. The molecule has 0 spiro atoms. The molecule has 0 atom stereocenters. The zero-order chi connectivity index (χ0) is 21.5. The van der Waals surface area contributed by atoms with Crippen molar-refractivity contribution in [2.24, 2.45) is 0 Å². The number of halogens is 3. The summed E-state index contributed by atoms with van der Waals surface area (Å²) < 4.78 is 38.2. The first-order valence-electron chi connectivity index (χ1n) is 10.6. The maximum atomic E-state index is 12.7. The van der Waals surface area contributed by atoms with Crippen LogP contribution >= 0.6 is 12.2 Å². The zero-order valence-corrected chi connectivity index (χ0v) is 18.1. The topological polar surface area (TPSA) is 41.1 Å². The zero-order valence-electron chi connectivity index (χ0n) is 17.2. The third-order valence-corrected chi connectivity index (χ3v) is 4.91. The van der Waals surface area contributed by atoms with E-state index in [1.807, 2.05) is 0 Å². The molecule has 0 bridgehead atoms. The molecule has 0 unspecified atom stereocenters. The molecule has 0 fully saturated rings. The minimum Gasteiger partial charge on any atom is -0.332 e. The predicted octanol–water partition coefficient (Wildman–Crippen LogP) is 7.22. The van der Waals surface area contributed by atoms with Crippen LogP contribution in [0.5, 0.6) is 0 Å². The Morgan fingerprint density at radius 2 is 1.48 bits per heavy atom. The van der Waals surface area contributed by atoms with Gasteiger partial charge in [-0.3, -0.25) is 4.79 Å². The van der Waals surface area contributed by atoms with Crippen LogP contribution in [-0.2, 0) is 11.0 Å². The van der Waals surface area contributed by atoms with Crippen molar-refractivity contribution in [1.82, 2.24) is 5.32 Å². The van der Waals surface area contributed by atoms with Gasteiger partial charge in [-0.1, -0.05) is 77.2 Å². The van der Waals surface area contributed by atoms with Gasteiger partial charge in [0.05, 0.1) is 5.56 Å². The highest BCUT2D eigenvalue weighted by atomic mass is 32.1. The minimum atomic E-state index is -4.42. The Kier molecular flexibility index (Phi) is 12.6. The van der Waals surface area contributed by atoms with Crippen molar-refractivity contribution in [3.8, 4) is 0 Å². The van der Waals surface area contributed by atoms with Crippen LogP contribution in [0.25, 0.3) is 0 Å². The largest absolute Gasteiger partial charge is 0.416 e. The number of hydrogen-bond acceptors (Lipinski definition) is 2. The number of amides is 1. The van der Waals surface area contributed by atoms with Gasteiger partial charge in [-0.25, -0.2) is 0 Å². The first kappa shape index (κ1) is 25.4. The van der Waals surface area contributed by atoms with E-state index in [2.05, 4.69) is 17.6 Å². The molecule has 0 saturated heterocycles. The van der Waals surface area contributed by atoms with Crippen LogP contribution in [0.3, 0.4) is 0 Å². The van der Waals surface area contributed by atoms with Crippen LogP contribution in [0, 0.1) is 0 Å². The number of rotatable bonds is 13. The summed E-state index contributed by atoms with van der Waals surface area (Å²) in [5, 5.41) is 5.16. The van der Waals surface area contributed by atoms with E-state index in [9.17, 15) is 18.0 Å². The first-order chi connectivity index (χ1) is 13.8. The third kappa shape index (κ3) is 12.5. The van der Waals surface area contributed by atoms with E-state index in [-0.39, 0.29) is 16.7 Å². The van der Waals surface area contributed by atoms with Gasteiger partial charge in [0.2, 0.25) is 5.91 Å². The standard InChI is InChI=1S/C22H33F3N2OS/c1-2-3-4-5-6-7-8-9-10-11-12-16-20(28)27-21(29)26-19-15-13-14-18(17-19)22(23,24)25/h13-15,17H,2-12,16H2,1H3,(H2,26,27,28,29). The SMILES string of the molecule is CCCCCCCCCCCCCC(=O)NC(=S)Nc1cccc(C(F)(F)F)c1. The van der Waals surface area contributed by atoms with Crippen LogP contribution in [0.4, 0.5) is 18.9 Å². The van der Waals surface area contributed by atoms with E-state index in [1.165, 1.54) is 63.5 Å². The number of carbonyl (C=O) groups is 1. The fourth-order valence-corrected chi connectivity index (χ4v) is 3.31. The number of thiocarbonyl (C=S) groups is 1. The third-order valence-electron chi connectivity index (χ3n) is 4.71. The predicted molar refractivity (Wildman–Crippen MR) is 117 cm³/mol. The van der Waals surface area contributed by atoms with Gasteiger partial charge >= 0.3 is 6.18 Å². The van der Waals surface area contributed by atoms with Gasteiger partial charge in [0.25, 0.3) is 0 Å². The summed E-state index contributed by atoms with van der Waals surface area (Å²) in [5.74, 6) is -0.217. The number of anilines is 1. The lowest BCUT2D eigenvalue weighted by atomic mass is 10.1. The molecular weight excluding hydrogens is 397 g/mol. The van der Waals surface area contributed by atoms with Gasteiger partial charge in [0.1, 0.15) is 0 Å². The molecule has 29 heavy (non-hydrogen) atoms. The molecule has 0 heterocycles. The molecule has 0 aliphatic rings. The van der Waals surface area contributed by atoms with Crippen LogP contribution in [0.1, 0.15) is 89.5 Å². The molecule has 2 N–H and O–H groups in total. The highest BCUT2D eigenvalue weighted by Crippen LogP contribution is 2.30. The van der Waals surface area contributed by atoms with E-state index < -0.39 is 11.7 Å². The highest BCUT2D eigenvalue weighted by Gasteiger charge is 2.30. The molecule has 0 aliphatic heterocycles. The quantitative estimate of drug-likeness (QED) is 0.256. The molecule has 164 valence electrons. The smallest absolute Gasteiger partial charge is 0.332 e. The summed E-state index contributed by atoms with van der Waals surface area (Å²) in [5.41, 5.74) is -0.572. The van der Waals surface area contributed by atoms with Gasteiger partial charge in [0, 0.05) is 12.1 Å². The van der Waals surface area contributed by atoms with Crippen LogP contribution < -0.4 is 10.6 Å². The second-order valence-corrected chi connectivity index (χ2v) is 7.77. The average molecular weight is 431 g/mol. The van der Waals surface area contributed by atoms with Gasteiger partial charge in [0.15, 0.2) is 5.11 Å². The monoisotopic (exact) mass is 430 g/mol. The molecule has 0 aliphatic carbocycles. The number of alkyl halides is 3. The van der Waals surface area contributed by atoms with Crippen molar-refractivity contribution < 1.29 is 18.0 Å². The summed E-state index contributed by atoms with van der Waals surface area (Å²) in [6.07, 6.45) is 9.20. The molecule has 7 heteroatoms. The summed E-state index contributed by atoms with van der Waals surface area (Å²) >= 11 is 5.01. The van der Waals surface area contributed by atoms with Crippen molar-refractivity contribution in [3.63, 3.8) is 0 Å². The Morgan fingerprint density at radius 1 is 0.931 bits per heavy atom. The number of unbranched alkanes of at least 4 members (excludes halogenated alkanes) is 10. The Labute approximate surface area is 177 Å². The van der Waals surface area contributed by atoms with Crippen molar-refractivity contribution >= 4 is 28.9 Å². The lowest BCUT2D eigenvalue weighted by molar-refractivity contribution is -0.137. The number of hydrogen-bond donors (Lipinski definition) is 2. The number of benzene rings is 1. The van der Waals surface area contributed by atoms with Gasteiger partial charge < -0.3 is 10.6 Å². The first-order valence-corrected chi connectivity index (χ1v) is 11.0. The van der Waals surface area contributed by atoms with E-state index in [0.717, 1.165) is 31.4 Å². The molecule has 1 amide bonds. The Bertz CT molecular complexity index is 620. The summed E-state index contributed by atoms with van der Waals surface area (Å²) in [6.45, 7) is 2.22. The fraction of sp³-hybridized carbons (Fsp3) is 0.636. The average Bonchev–Trinajstić information content (AvgIpc) is 2.65. The second-order valence-electron chi connectivity index (χ2n) is 7.37. The summed E-state index contributed by atoms with van der Waals surface area (Å²) in [4.78, 5) is 11.9. The molecule has 0 aromatic heterocycles. The normalized spacial score (nSPS) is 11.3. The fourth-order valence-electron chi connectivity index (χ4n) is 3.07. The van der Waals surface area contributed by atoms with Crippen molar-refractivity contribution in [2.75, 3.05) is 5.32 Å². The van der Waals surface area contributed by atoms with Crippen molar-refractivity contribution in [1.29, 1.82) is 0 Å². The lowest BCUT2D eigenvalue weighted by Gasteiger charge is -2.12. The lowest BCUT2D eigenvalue weighted by Crippen LogP contribution is -2.33. The molecule has 1 aromatic rings. The Morgan fingerprint density at radius 3 is 2.03 bits per heavy atom. The van der Waals surface area contributed by atoms with Gasteiger partial charge in [-0.2, -0.15) is 13.2 Å². The molecule has 0 radical (unpaired) electrons. The van der Waals surface area contributed by atoms with Gasteiger partial charge in [-0.05, 0) is 36.8 Å². The van der Waals surface area contributed by atoms with E-state index in [4.69, 9.17) is 12.2 Å².